The number of hydrogen-bond donors (Lipinski definition) is 0. The van der Waals surface area contributed by atoms with Gasteiger partial charge in [-0.3, -0.25) is 9.36 Å². The van der Waals surface area contributed by atoms with Gasteiger partial charge in [-0.1, -0.05) is 37.1 Å². The van der Waals surface area contributed by atoms with Crippen molar-refractivity contribution in [2.75, 3.05) is 5.75 Å². The molecule has 1 fully saturated rings. The molecule has 7 heteroatoms. The zero-order valence-electron chi connectivity index (χ0n) is 15.4. The van der Waals surface area contributed by atoms with Crippen LogP contribution in [0.3, 0.4) is 0 Å². The minimum absolute atomic E-state index is 0.163. The van der Waals surface area contributed by atoms with Crippen molar-refractivity contribution in [3.63, 3.8) is 0 Å². The normalized spacial score (nSPS) is 18.2. The summed E-state index contributed by atoms with van der Waals surface area (Å²) < 4.78 is 4.14. The van der Waals surface area contributed by atoms with E-state index < -0.39 is 0 Å². The Morgan fingerprint density at radius 3 is 2.78 bits per heavy atom. The minimum atomic E-state index is 0.163. The van der Waals surface area contributed by atoms with Gasteiger partial charge >= 0.3 is 0 Å². The summed E-state index contributed by atoms with van der Waals surface area (Å²) in [6.07, 6.45) is 12.2. The molecule has 3 aromatic heterocycles. The molecule has 0 amide bonds. The number of thioether (sulfide) groups is 1. The zero-order chi connectivity index (χ0) is 18.4. The first-order valence-corrected chi connectivity index (χ1v) is 11.8. The molecule has 142 valence electrons. The van der Waals surface area contributed by atoms with Crippen LogP contribution in [0.4, 0.5) is 0 Å². The highest BCUT2D eigenvalue weighted by Gasteiger charge is 2.28. The number of hydrogen-bond acceptors (Lipinski definition) is 5. The Morgan fingerprint density at radius 1 is 1.15 bits per heavy atom. The molecule has 0 aliphatic heterocycles. The highest BCUT2D eigenvalue weighted by atomic mass is 32.2. The summed E-state index contributed by atoms with van der Waals surface area (Å²) in [5.74, 6) is 1.51. The van der Waals surface area contributed by atoms with E-state index in [2.05, 4.69) is 21.2 Å². The molecule has 0 spiro atoms. The monoisotopic (exact) mass is 400 g/mol. The van der Waals surface area contributed by atoms with Crippen LogP contribution in [0.15, 0.2) is 22.6 Å². The second-order valence-electron chi connectivity index (χ2n) is 7.58. The van der Waals surface area contributed by atoms with Gasteiger partial charge in [0.1, 0.15) is 4.83 Å². The molecule has 0 bridgehead atoms. The lowest BCUT2D eigenvalue weighted by atomic mass is 9.94. The van der Waals surface area contributed by atoms with Gasteiger partial charge in [-0.25, -0.2) is 4.40 Å². The largest absolute Gasteiger partial charge is 0.273 e. The number of rotatable bonds is 4. The van der Waals surface area contributed by atoms with Crippen molar-refractivity contribution in [3.8, 4) is 0 Å². The maximum Gasteiger partial charge on any atom is 0.264 e. The zero-order valence-corrected chi connectivity index (χ0v) is 17.1. The molecule has 27 heavy (non-hydrogen) atoms. The van der Waals surface area contributed by atoms with Crippen molar-refractivity contribution in [2.45, 2.75) is 69.0 Å². The molecule has 1 saturated carbocycles. The number of aryl methyl sites for hydroxylation is 2. The summed E-state index contributed by atoms with van der Waals surface area (Å²) in [6, 6.07) is 0.249. The fourth-order valence-corrected chi connectivity index (χ4v) is 6.74. The number of fused-ring (bicyclic) bond motifs is 5. The van der Waals surface area contributed by atoms with Crippen LogP contribution >= 0.6 is 23.1 Å². The highest BCUT2D eigenvalue weighted by molar-refractivity contribution is 7.99. The van der Waals surface area contributed by atoms with Crippen LogP contribution in [-0.4, -0.2) is 24.9 Å². The molecular formula is C20H24N4OS2. The third kappa shape index (κ3) is 2.78. The topological polar surface area (TPSA) is 52.2 Å². The first-order chi connectivity index (χ1) is 13.3. The van der Waals surface area contributed by atoms with E-state index >= 15 is 0 Å². The minimum Gasteiger partial charge on any atom is -0.273 e. The average molecular weight is 401 g/mol. The molecule has 0 unspecified atom stereocenters. The number of nitrogens with zero attached hydrogens (tertiary/aromatic N) is 4. The Balaban J connectivity index is 1.84. The van der Waals surface area contributed by atoms with Crippen LogP contribution in [0.1, 0.15) is 61.4 Å². The molecule has 0 aromatic carbocycles. The second-order valence-corrected chi connectivity index (χ2v) is 9.65. The molecular weight excluding hydrogens is 376 g/mol. The van der Waals surface area contributed by atoms with Gasteiger partial charge in [-0.05, 0) is 44.1 Å². The quantitative estimate of drug-likeness (QED) is 0.468. The molecule has 0 N–H and O–H groups in total. The van der Waals surface area contributed by atoms with E-state index in [9.17, 15) is 4.79 Å². The van der Waals surface area contributed by atoms with Gasteiger partial charge in [0.05, 0.1) is 5.39 Å². The Labute approximate surface area is 166 Å². The van der Waals surface area contributed by atoms with Crippen LogP contribution in [0.2, 0.25) is 0 Å². The van der Waals surface area contributed by atoms with Crippen LogP contribution in [0.5, 0.6) is 0 Å². The molecule has 0 atom stereocenters. The van der Waals surface area contributed by atoms with E-state index in [0.717, 1.165) is 52.6 Å². The first-order valence-electron chi connectivity index (χ1n) is 9.97. The SMILES string of the molecule is C=CCSc1nnc2n(C3CCCCC3)c(=O)c3c4c(sc3n12)CCCC4. The van der Waals surface area contributed by atoms with E-state index in [1.54, 1.807) is 23.1 Å². The van der Waals surface area contributed by atoms with Crippen molar-refractivity contribution in [3.05, 3.63) is 33.4 Å². The van der Waals surface area contributed by atoms with Crippen molar-refractivity contribution in [1.29, 1.82) is 0 Å². The van der Waals surface area contributed by atoms with E-state index in [0.29, 0.717) is 0 Å². The molecule has 0 saturated heterocycles. The fraction of sp³-hybridized carbons (Fsp3) is 0.550. The third-order valence-electron chi connectivity index (χ3n) is 5.89. The summed E-state index contributed by atoms with van der Waals surface area (Å²) in [7, 11) is 0. The van der Waals surface area contributed by atoms with Gasteiger partial charge in [-0.15, -0.1) is 28.1 Å². The summed E-state index contributed by atoms with van der Waals surface area (Å²) in [5, 5.41) is 10.8. The standard InChI is InChI=1S/C20H24N4OS2/c1-2-12-26-20-22-21-19-23(13-8-4-3-5-9-13)17(25)16-14-10-6-7-11-15(14)27-18(16)24(19)20/h2,13H,1,3-12H2. The highest BCUT2D eigenvalue weighted by Crippen LogP contribution is 2.37. The summed E-state index contributed by atoms with van der Waals surface area (Å²) in [6.45, 7) is 3.83. The Morgan fingerprint density at radius 2 is 1.96 bits per heavy atom. The van der Waals surface area contributed by atoms with Crippen LogP contribution in [0.25, 0.3) is 16.0 Å². The first kappa shape index (κ1) is 17.5. The Bertz CT molecular complexity index is 1070. The van der Waals surface area contributed by atoms with Gasteiger partial charge in [0.2, 0.25) is 5.78 Å². The summed E-state index contributed by atoms with van der Waals surface area (Å²) in [5.41, 5.74) is 1.46. The second kappa shape index (κ2) is 7.09. The van der Waals surface area contributed by atoms with Crippen molar-refractivity contribution in [1.82, 2.24) is 19.2 Å². The molecule has 3 aromatic rings. The summed E-state index contributed by atoms with van der Waals surface area (Å²) in [4.78, 5) is 16.1. The van der Waals surface area contributed by atoms with E-state index in [4.69, 9.17) is 0 Å². The Kier molecular flexibility index (Phi) is 4.60. The van der Waals surface area contributed by atoms with Crippen LogP contribution in [-0.2, 0) is 12.8 Å². The summed E-state index contributed by atoms with van der Waals surface area (Å²) >= 11 is 3.42. The maximum absolute atomic E-state index is 13.7. The predicted molar refractivity (Wildman–Crippen MR) is 112 cm³/mol. The van der Waals surface area contributed by atoms with E-state index in [-0.39, 0.29) is 11.6 Å². The predicted octanol–water partition coefficient (Wildman–Crippen LogP) is 4.77. The third-order valence-corrected chi connectivity index (χ3v) is 8.09. The molecule has 3 heterocycles. The van der Waals surface area contributed by atoms with Crippen LogP contribution in [0, 0.1) is 0 Å². The smallest absolute Gasteiger partial charge is 0.264 e. The lowest BCUT2D eigenvalue weighted by Crippen LogP contribution is -2.29. The van der Waals surface area contributed by atoms with Gasteiger partial charge in [0.15, 0.2) is 5.16 Å². The average Bonchev–Trinajstić information content (AvgIpc) is 3.29. The van der Waals surface area contributed by atoms with Gasteiger partial charge in [-0.2, -0.15) is 0 Å². The molecule has 2 aliphatic carbocycles. The number of aromatic nitrogens is 4. The Hall–Kier alpha value is -1.60. The van der Waals surface area contributed by atoms with Gasteiger partial charge in [0, 0.05) is 16.7 Å². The van der Waals surface area contributed by atoms with E-state index in [1.807, 2.05) is 10.6 Å². The lowest BCUT2D eigenvalue weighted by Gasteiger charge is -2.24. The fourth-order valence-electron chi connectivity index (χ4n) is 4.63. The number of thiophene rings is 1. The van der Waals surface area contributed by atoms with Crippen molar-refractivity contribution < 1.29 is 0 Å². The molecule has 5 nitrogen and oxygen atoms in total. The van der Waals surface area contributed by atoms with Crippen molar-refractivity contribution >= 4 is 39.1 Å². The molecule has 2 aliphatic rings. The molecule has 5 rings (SSSR count). The maximum atomic E-state index is 13.7. The van der Waals surface area contributed by atoms with Crippen LogP contribution < -0.4 is 5.56 Å². The van der Waals surface area contributed by atoms with Gasteiger partial charge in [0.25, 0.3) is 5.56 Å². The van der Waals surface area contributed by atoms with E-state index in [1.165, 1.54) is 42.5 Å². The lowest BCUT2D eigenvalue weighted by molar-refractivity contribution is 0.351. The van der Waals surface area contributed by atoms with Crippen molar-refractivity contribution in [2.24, 2.45) is 0 Å². The molecule has 0 radical (unpaired) electrons. The van der Waals surface area contributed by atoms with Gasteiger partial charge < -0.3 is 0 Å².